The molecule has 0 unspecified atom stereocenters. The van der Waals surface area contributed by atoms with Gasteiger partial charge in [-0.15, -0.1) is 0 Å². The van der Waals surface area contributed by atoms with Crippen molar-refractivity contribution in [1.29, 1.82) is 0 Å². The van der Waals surface area contributed by atoms with Crippen molar-refractivity contribution in [3.05, 3.63) is 18.2 Å². The molecule has 0 saturated carbocycles. The Kier molecular flexibility index (Phi) is 4.81. The largest absolute Gasteiger partial charge is 0.495 e. The van der Waals surface area contributed by atoms with E-state index in [2.05, 4.69) is 0 Å². The van der Waals surface area contributed by atoms with E-state index in [1.54, 1.807) is 0 Å². The fourth-order valence-corrected chi connectivity index (χ4v) is 2.27. The van der Waals surface area contributed by atoms with Crippen molar-refractivity contribution in [3.63, 3.8) is 0 Å². The van der Waals surface area contributed by atoms with Crippen molar-refractivity contribution in [1.82, 2.24) is 4.72 Å². The van der Waals surface area contributed by atoms with Crippen LogP contribution in [0, 0.1) is 0 Å². The third kappa shape index (κ3) is 3.73. The monoisotopic (exact) mass is 316 g/mol. The third-order valence-corrected chi connectivity index (χ3v) is 3.73. The topological polar surface area (TPSA) is 81.4 Å². The van der Waals surface area contributed by atoms with Crippen LogP contribution in [0.3, 0.4) is 0 Å². The third-order valence-electron chi connectivity index (χ3n) is 2.33. The molecule has 0 fully saturated rings. The van der Waals surface area contributed by atoms with Crippen molar-refractivity contribution in [2.45, 2.75) is 17.2 Å². The smallest absolute Gasteiger partial charge is 0.320 e. The molecule has 0 saturated heterocycles. The average Bonchev–Trinajstić information content (AvgIpc) is 2.37. The number of nitrogen functional groups attached to an aromatic ring is 1. The van der Waals surface area contributed by atoms with Crippen LogP contribution in [0.2, 0.25) is 0 Å². The molecule has 0 radical (unpaired) electrons. The first kappa shape index (κ1) is 16.5. The molecular weight excluding hydrogens is 304 g/mol. The van der Waals surface area contributed by atoms with E-state index in [-0.39, 0.29) is 11.4 Å². The molecule has 114 valence electrons. The minimum atomic E-state index is -4.45. The van der Waals surface area contributed by atoms with Crippen LogP contribution in [-0.2, 0) is 10.0 Å². The van der Waals surface area contributed by atoms with E-state index in [4.69, 9.17) is 10.5 Å². The average molecular weight is 316 g/mol. The Bertz CT molecular complexity index is 578. The molecule has 0 amide bonds. The molecule has 0 spiro atoms. The number of nitrogens with two attached hydrogens (primary N) is 1. The number of alkyl halides is 4. The molecular formula is C10H12F4N2O3S. The van der Waals surface area contributed by atoms with E-state index in [0.29, 0.717) is 0 Å². The SMILES string of the molecule is COc1cc(S(=O)(=O)NCC(F)(F)C(F)F)ccc1N. The number of ether oxygens (including phenoxy) is 1. The molecule has 0 bridgehead atoms. The van der Waals surface area contributed by atoms with Crippen LogP contribution in [0.25, 0.3) is 0 Å². The zero-order valence-corrected chi connectivity index (χ0v) is 11.1. The number of methoxy groups -OCH3 is 1. The first-order valence-corrected chi connectivity index (χ1v) is 6.67. The van der Waals surface area contributed by atoms with Crippen LogP contribution in [-0.4, -0.2) is 34.4 Å². The van der Waals surface area contributed by atoms with Gasteiger partial charge in [0.25, 0.3) is 0 Å². The molecule has 1 aromatic carbocycles. The van der Waals surface area contributed by atoms with E-state index in [0.717, 1.165) is 12.1 Å². The van der Waals surface area contributed by atoms with Crippen molar-refractivity contribution in [2.75, 3.05) is 19.4 Å². The first-order chi connectivity index (χ1) is 9.10. The molecule has 0 aromatic heterocycles. The lowest BCUT2D eigenvalue weighted by atomic mass is 10.3. The Morgan fingerprint density at radius 2 is 2.00 bits per heavy atom. The lowest BCUT2D eigenvalue weighted by Gasteiger charge is -2.16. The summed E-state index contributed by atoms with van der Waals surface area (Å²) in [7, 11) is -3.14. The number of hydrogen-bond donors (Lipinski definition) is 2. The van der Waals surface area contributed by atoms with Gasteiger partial charge in [0.1, 0.15) is 5.75 Å². The fraction of sp³-hybridized carbons (Fsp3) is 0.400. The van der Waals surface area contributed by atoms with E-state index < -0.39 is 33.8 Å². The molecule has 0 aliphatic heterocycles. The van der Waals surface area contributed by atoms with Crippen molar-refractivity contribution >= 4 is 15.7 Å². The maximum atomic E-state index is 12.7. The summed E-state index contributed by atoms with van der Waals surface area (Å²) in [5, 5.41) is 0. The highest BCUT2D eigenvalue weighted by atomic mass is 32.2. The van der Waals surface area contributed by atoms with Gasteiger partial charge in [0, 0.05) is 6.07 Å². The second kappa shape index (κ2) is 5.83. The van der Waals surface area contributed by atoms with Gasteiger partial charge in [-0.05, 0) is 12.1 Å². The van der Waals surface area contributed by atoms with Crippen molar-refractivity contribution in [3.8, 4) is 5.75 Å². The van der Waals surface area contributed by atoms with E-state index >= 15 is 0 Å². The first-order valence-electron chi connectivity index (χ1n) is 5.19. The van der Waals surface area contributed by atoms with Gasteiger partial charge in [-0.3, -0.25) is 0 Å². The van der Waals surface area contributed by atoms with Crippen molar-refractivity contribution in [2.24, 2.45) is 0 Å². The quantitative estimate of drug-likeness (QED) is 0.615. The van der Waals surface area contributed by atoms with Crippen LogP contribution in [0.15, 0.2) is 23.1 Å². The summed E-state index contributed by atoms with van der Waals surface area (Å²) in [6.07, 6.45) is -3.97. The van der Waals surface area contributed by atoms with Gasteiger partial charge in [-0.25, -0.2) is 21.9 Å². The second-order valence-corrected chi connectivity index (χ2v) is 5.56. The number of nitrogens with one attached hydrogen (secondary N) is 1. The minimum Gasteiger partial charge on any atom is -0.495 e. The summed E-state index contributed by atoms with van der Waals surface area (Å²) in [5.41, 5.74) is 5.61. The predicted octanol–water partition coefficient (Wildman–Crippen LogP) is 1.46. The van der Waals surface area contributed by atoms with Gasteiger partial charge in [0.15, 0.2) is 0 Å². The highest BCUT2D eigenvalue weighted by molar-refractivity contribution is 7.89. The van der Waals surface area contributed by atoms with Gasteiger partial charge in [0.05, 0.1) is 24.2 Å². The van der Waals surface area contributed by atoms with Crippen molar-refractivity contribution < 1.29 is 30.7 Å². The summed E-state index contributed by atoms with van der Waals surface area (Å²) in [4.78, 5) is -0.423. The number of sulfonamides is 1. The summed E-state index contributed by atoms with van der Waals surface area (Å²) in [6.45, 7) is -1.71. The van der Waals surface area contributed by atoms with Gasteiger partial charge in [-0.2, -0.15) is 8.78 Å². The molecule has 0 aliphatic rings. The highest BCUT2D eigenvalue weighted by Gasteiger charge is 2.41. The lowest BCUT2D eigenvalue weighted by Crippen LogP contribution is -2.41. The predicted molar refractivity (Wildman–Crippen MR) is 63.5 cm³/mol. The number of anilines is 1. The van der Waals surface area contributed by atoms with Crippen LogP contribution in [0.4, 0.5) is 23.2 Å². The maximum absolute atomic E-state index is 12.7. The van der Waals surface area contributed by atoms with Crippen LogP contribution >= 0.6 is 0 Å². The second-order valence-electron chi connectivity index (χ2n) is 3.79. The molecule has 1 aromatic rings. The van der Waals surface area contributed by atoms with Crippen LogP contribution < -0.4 is 15.2 Å². The number of benzene rings is 1. The summed E-state index contributed by atoms with van der Waals surface area (Å²) >= 11 is 0. The Morgan fingerprint density at radius 3 is 2.50 bits per heavy atom. The zero-order valence-electron chi connectivity index (χ0n) is 10.2. The Morgan fingerprint density at radius 1 is 1.40 bits per heavy atom. The Labute approximate surface area is 112 Å². The van der Waals surface area contributed by atoms with E-state index in [1.807, 2.05) is 0 Å². The molecule has 1 rings (SSSR count). The molecule has 3 N–H and O–H groups in total. The Hall–Kier alpha value is -1.55. The molecule has 0 aliphatic carbocycles. The molecule has 0 heterocycles. The number of halogens is 4. The van der Waals surface area contributed by atoms with E-state index in [9.17, 15) is 26.0 Å². The normalized spacial score (nSPS) is 12.7. The van der Waals surface area contributed by atoms with Gasteiger partial charge < -0.3 is 10.5 Å². The molecule has 5 nitrogen and oxygen atoms in total. The number of rotatable bonds is 6. The fourth-order valence-electron chi connectivity index (χ4n) is 1.21. The molecule has 10 heteroatoms. The molecule has 0 atom stereocenters. The summed E-state index contributed by atoms with van der Waals surface area (Å²) in [5.74, 6) is -4.43. The Balaban J connectivity index is 2.95. The highest BCUT2D eigenvalue weighted by Crippen LogP contribution is 2.26. The van der Waals surface area contributed by atoms with Gasteiger partial charge in [-0.1, -0.05) is 0 Å². The number of hydrogen-bond acceptors (Lipinski definition) is 4. The minimum absolute atomic E-state index is 0.0218. The van der Waals surface area contributed by atoms with Crippen LogP contribution in [0.1, 0.15) is 0 Å². The van der Waals surface area contributed by atoms with Gasteiger partial charge >= 0.3 is 12.3 Å². The summed E-state index contributed by atoms with van der Waals surface area (Å²) in [6, 6.07) is 3.23. The van der Waals surface area contributed by atoms with E-state index in [1.165, 1.54) is 17.9 Å². The maximum Gasteiger partial charge on any atom is 0.320 e. The van der Waals surface area contributed by atoms with Crippen LogP contribution in [0.5, 0.6) is 5.75 Å². The van der Waals surface area contributed by atoms with Gasteiger partial charge in [0.2, 0.25) is 10.0 Å². The lowest BCUT2D eigenvalue weighted by molar-refractivity contribution is -0.122. The standard InChI is InChI=1S/C10H12F4N2O3S/c1-19-8-4-6(2-3-7(8)15)20(17,18)16-5-10(13,14)9(11)12/h2-4,9,16H,5,15H2,1H3. The summed E-state index contributed by atoms with van der Waals surface area (Å²) < 4.78 is 78.8. The molecule has 20 heavy (non-hydrogen) atoms. The zero-order chi connectivity index (χ0) is 15.6.